The fourth-order valence-electron chi connectivity index (χ4n) is 2.50. The predicted molar refractivity (Wildman–Crippen MR) is 94.2 cm³/mol. The molecule has 0 aromatic heterocycles. The minimum atomic E-state index is -1.22. The van der Waals surface area contributed by atoms with Gasteiger partial charge < -0.3 is 9.64 Å². The standard InChI is InChI=1S/C20H18F3NO3/c1-24(17(12-27-13-25)9-14-5-3-2-4-6-14)20(26)19(23)10-15-7-8-16(21)11-18(15)22/h2-8,10-11,13,17H,9,12H2,1H3/b19-10-/t17-/m1/s1. The molecular weight excluding hydrogens is 359 g/mol. The van der Waals surface area contributed by atoms with Crippen molar-refractivity contribution in [3.63, 3.8) is 0 Å². The lowest BCUT2D eigenvalue weighted by molar-refractivity contribution is -0.136. The molecule has 0 aliphatic heterocycles. The third-order valence-corrected chi connectivity index (χ3v) is 3.99. The molecule has 142 valence electrons. The number of rotatable bonds is 8. The first-order chi connectivity index (χ1) is 12.9. The Morgan fingerprint density at radius 1 is 1.19 bits per heavy atom. The van der Waals surface area contributed by atoms with Crippen molar-refractivity contribution in [3.05, 3.63) is 77.1 Å². The largest absolute Gasteiger partial charge is 0.466 e. The molecule has 4 nitrogen and oxygen atoms in total. The molecule has 0 radical (unpaired) electrons. The Hall–Kier alpha value is -3.09. The van der Waals surface area contributed by atoms with Gasteiger partial charge in [-0.2, -0.15) is 0 Å². The van der Waals surface area contributed by atoms with E-state index in [4.69, 9.17) is 4.74 Å². The molecule has 0 bridgehead atoms. The van der Waals surface area contributed by atoms with Crippen molar-refractivity contribution >= 4 is 18.5 Å². The fourth-order valence-corrected chi connectivity index (χ4v) is 2.50. The normalized spacial score (nSPS) is 12.4. The molecule has 0 fully saturated rings. The summed E-state index contributed by atoms with van der Waals surface area (Å²) >= 11 is 0. The van der Waals surface area contributed by atoms with Crippen molar-refractivity contribution in [1.29, 1.82) is 0 Å². The third-order valence-electron chi connectivity index (χ3n) is 3.99. The molecule has 27 heavy (non-hydrogen) atoms. The van der Waals surface area contributed by atoms with E-state index in [1.165, 1.54) is 7.05 Å². The molecule has 1 amide bonds. The zero-order valence-electron chi connectivity index (χ0n) is 14.6. The van der Waals surface area contributed by atoms with Crippen LogP contribution in [0.25, 0.3) is 6.08 Å². The van der Waals surface area contributed by atoms with Crippen LogP contribution in [-0.2, 0) is 20.7 Å². The number of carbonyl (C=O) groups excluding carboxylic acids is 2. The van der Waals surface area contributed by atoms with Gasteiger partial charge in [0.2, 0.25) is 0 Å². The van der Waals surface area contributed by atoms with E-state index in [0.29, 0.717) is 18.6 Å². The van der Waals surface area contributed by atoms with E-state index in [-0.39, 0.29) is 18.6 Å². The van der Waals surface area contributed by atoms with Crippen LogP contribution in [0.1, 0.15) is 11.1 Å². The van der Waals surface area contributed by atoms with Crippen LogP contribution in [0.5, 0.6) is 0 Å². The molecule has 0 saturated carbocycles. The molecule has 0 heterocycles. The molecule has 0 unspecified atom stereocenters. The van der Waals surface area contributed by atoms with Crippen molar-refractivity contribution in [3.8, 4) is 0 Å². The number of halogens is 3. The Morgan fingerprint density at radius 3 is 2.52 bits per heavy atom. The van der Waals surface area contributed by atoms with Gasteiger partial charge >= 0.3 is 0 Å². The van der Waals surface area contributed by atoms with Crippen molar-refractivity contribution in [2.24, 2.45) is 0 Å². The van der Waals surface area contributed by atoms with E-state index >= 15 is 0 Å². The van der Waals surface area contributed by atoms with E-state index in [1.807, 2.05) is 30.3 Å². The second kappa shape index (κ2) is 9.56. The average molecular weight is 377 g/mol. The molecule has 0 spiro atoms. The first kappa shape index (κ1) is 20.2. The third kappa shape index (κ3) is 5.70. The van der Waals surface area contributed by atoms with E-state index < -0.39 is 29.4 Å². The quantitative estimate of drug-likeness (QED) is 0.522. The summed E-state index contributed by atoms with van der Waals surface area (Å²) in [5.74, 6) is -4.01. The van der Waals surface area contributed by atoms with Crippen LogP contribution in [0.4, 0.5) is 13.2 Å². The van der Waals surface area contributed by atoms with Gasteiger partial charge in [0.1, 0.15) is 18.2 Å². The van der Waals surface area contributed by atoms with Crippen LogP contribution < -0.4 is 0 Å². The SMILES string of the molecule is CN(C(=O)/C(F)=C/c1ccc(F)cc1F)[C@@H](COC=O)Cc1ccccc1. The summed E-state index contributed by atoms with van der Waals surface area (Å²) in [6, 6.07) is 11.1. The minimum absolute atomic E-state index is 0.126. The number of amides is 1. The molecule has 0 N–H and O–H groups in total. The summed E-state index contributed by atoms with van der Waals surface area (Å²) in [7, 11) is 1.36. The first-order valence-electron chi connectivity index (χ1n) is 8.11. The zero-order valence-corrected chi connectivity index (χ0v) is 14.6. The smallest absolute Gasteiger partial charge is 0.293 e. The molecule has 7 heteroatoms. The molecule has 2 rings (SSSR count). The maximum absolute atomic E-state index is 14.3. The molecule has 2 aromatic rings. The summed E-state index contributed by atoms with van der Waals surface area (Å²) in [5.41, 5.74) is 0.616. The molecular formula is C20H18F3NO3. The zero-order chi connectivity index (χ0) is 19.8. The molecule has 0 aliphatic rings. The monoisotopic (exact) mass is 377 g/mol. The van der Waals surface area contributed by atoms with Gasteiger partial charge in [-0.15, -0.1) is 0 Å². The number of nitrogens with zero attached hydrogens (tertiary/aromatic N) is 1. The number of carbonyl (C=O) groups is 2. The lowest BCUT2D eigenvalue weighted by Gasteiger charge is -2.27. The topological polar surface area (TPSA) is 46.6 Å². The second-order valence-corrected chi connectivity index (χ2v) is 5.85. The number of hydrogen-bond donors (Lipinski definition) is 0. The highest BCUT2D eigenvalue weighted by molar-refractivity contribution is 5.95. The van der Waals surface area contributed by atoms with Crippen LogP contribution in [-0.4, -0.2) is 37.0 Å². The van der Waals surface area contributed by atoms with Crippen LogP contribution in [0.2, 0.25) is 0 Å². The van der Waals surface area contributed by atoms with Crippen molar-refractivity contribution in [2.45, 2.75) is 12.5 Å². The summed E-state index contributed by atoms with van der Waals surface area (Å²) < 4.78 is 45.7. The Labute approximate surface area is 154 Å². The van der Waals surface area contributed by atoms with Crippen molar-refractivity contribution in [1.82, 2.24) is 4.90 Å². The number of likely N-dealkylation sites (N-methyl/N-ethyl adjacent to an activating group) is 1. The minimum Gasteiger partial charge on any atom is -0.466 e. The van der Waals surface area contributed by atoms with Gasteiger partial charge in [-0.1, -0.05) is 30.3 Å². The average Bonchev–Trinajstić information content (AvgIpc) is 2.66. The maximum Gasteiger partial charge on any atom is 0.293 e. The number of benzene rings is 2. The Morgan fingerprint density at radius 2 is 1.89 bits per heavy atom. The lowest BCUT2D eigenvalue weighted by Crippen LogP contribution is -2.41. The highest BCUT2D eigenvalue weighted by Gasteiger charge is 2.24. The Balaban J connectivity index is 2.19. The summed E-state index contributed by atoms with van der Waals surface area (Å²) in [5, 5.41) is 0. The Bertz CT molecular complexity index is 824. The van der Waals surface area contributed by atoms with Gasteiger partial charge in [0, 0.05) is 18.7 Å². The van der Waals surface area contributed by atoms with E-state index in [0.717, 1.165) is 22.6 Å². The summed E-state index contributed by atoms with van der Waals surface area (Å²) in [6.45, 7) is 0.120. The van der Waals surface area contributed by atoms with E-state index in [2.05, 4.69) is 0 Å². The Kier molecular flexibility index (Phi) is 7.16. The van der Waals surface area contributed by atoms with E-state index in [9.17, 15) is 22.8 Å². The lowest BCUT2D eigenvalue weighted by atomic mass is 10.1. The maximum atomic E-state index is 14.3. The van der Waals surface area contributed by atoms with Gasteiger partial charge in [-0.05, 0) is 30.2 Å². The van der Waals surface area contributed by atoms with Gasteiger partial charge in [0.25, 0.3) is 12.4 Å². The van der Waals surface area contributed by atoms with E-state index in [1.54, 1.807) is 0 Å². The summed E-state index contributed by atoms with van der Waals surface area (Å²) in [6.07, 6.45) is 1.03. The van der Waals surface area contributed by atoms with Crippen LogP contribution >= 0.6 is 0 Å². The fraction of sp³-hybridized carbons (Fsp3) is 0.200. The highest BCUT2D eigenvalue weighted by atomic mass is 19.1. The van der Waals surface area contributed by atoms with Gasteiger partial charge in [0.15, 0.2) is 5.83 Å². The van der Waals surface area contributed by atoms with Crippen LogP contribution in [0.15, 0.2) is 54.4 Å². The van der Waals surface area contributed by atoms with Crippen molar-refractivity contribution in [2.75, 3.05) is 13.7 Å². The highest BCUT2D eigenvalue weighted by Crippen LogP contribution is 2.17. The predicted octanol–water partition coefficient (Wildman–Crippen LogP) is 3.52. The van der Waals surface area contributed by atoms with Gasteiger partial charge in [-0.3, -0.25) is 9.59 Å². The second-order valence-electron chi connectivity index (χ2n) is 5.85. The van der Waals surface area contributed by atoms with Crippen LogP contribution in [0, 0.1) is 11.6 Å². The molecule has 0 saturated heterocycles. The molecule has 2 aromatic carbocycles. The first-order valence-corrected chi connectivity index (χ1v) is 8.11. The van der Waals surface area contributed by atoms with Crippen molar-refractivity contribution < 1.29 is 27.5 Å². The summed E-state index contributed by atoms with van der Waals surface area (Å²) in [4.78, 5) is 24.0. The number of hydrogen-bond acceptors (Lipinski definition) is 3. The molecule has 1 atom stereocenters. The van der Waals surface area contributed by atoms with Crippen LogP contribution in [0.3, 0.4) is 0 Å². The van der Waals surface area contributed by atoms with Gasteiger partial charge in [-0.25, -0.2) is 13.2 Å². The van der Waals surface area contributed by atoms with Gasteiger partial charge in [0.05, 0.1) is 6.04 Å². The molecule has 0 aliphatic carbocycles. The number of ether oxygens (including phenoxy) is 1.